The highest BCUT2D eigenvalue weighted by Gasteiger charge is 2.63. The summed E-state index contributed by atoms with van der Waals surface area (Å²) >= 11 is 0. The van der Waals surface area contributed by atoms with Gasteiger partial charge in [-0.1, -0.05) is 58.4 Å². The number of hydrogen-bond donors (Lipinski definition) is 0. The van der Waals surface area contributed by atoms with E-state index in [9.17, 15) is 4.79 Å². The zero-order valence-corrected chi connectivity index (χ0v) is 15.5. The number of ether oxygens (including phenoxy) is 1. The molecule has 2 aliphatic rings. The minimum absolute atomic E-state index is 0.0863. The molecule has 2 saturated carbocycles. The van der Waals surface area contributed by atoms with Crippen LogP contribution in [0.15, 0.2) is 29.8 Å². The second kappa shape index (κ2) is 6.48. The first-order chi connectivity index (χ1) is 11.4. The minimum atomic E-state index is -0.170. The second-order valence-electron chi connectivity index (χ2n) is 8.22. The Morgan fingerprint density at radius 3 is 2.50 bits per heavy atom. The van der Waals surface area contributed by atoms with Crippen molar-refractivity contribution < 1.29 is 9.53 Å². The smallest absolute Gasteiger partial charge is 0.165 e. The topological polar surface area (TPSA) is 26.3 Å². The van der Waals surface area contributed by atoms with Gasteiger partial charge < -0.3 is 4.74 Å². The third-order valence-electron chi connectivity index (χ3n) is 6.58. The lowest BCUT2D eigenvalue weighted by Gasteiger charge is -2.31. The number of unbranched alkanes of at least 4 members (excludes halogenated alkanes) is 1. The van der Waals surface area contributed by atoms with Gasteiger partial charge in [0.15, 0.2) is 5.78 Å². The van der Waals surface area contributed by atoms with Gasteiger partial charge in [0.25, 0.3) is 0 Å². The van der Waals surface area contributed by atoms with Crippen molar-refractivity contribution in [3.8, 4) is 0 Å². The predicted octanol–water partition coefficient (Wildman–Crippen LogP) is 5.41. The van der Waals surface area contributed by atoms with Crippen LogP contribution in [0.1, 0.15) is 64.5 Å². The molecule has 0 aliphatic heterocycles. The average molecular weight is 326 g/mol. The molecule has 0 heterocycles. The van der Waals surface area contributed by atoms with E-state index in [2.05, 4.69) is 58.0 Å². The minimum Gasteiger partial charge on any atom is -0.377 e. The van der Waals surface area contributed by atoms with Gasteiger partial charge in [-0.25, -0.2) is 0 Å². The van der Waals surface area contributed by atoms with E-state index in [4.69, 9.17) is 4.74 Å². The molecule has 0 saturated heterocycles. The summed E-state index contributed by atoms with van der Waals surface area (Å²) in [5.41, 5.74) is 3.28. The SMILES string of the molecule is CCCCOCc1ccc(C=C2C(=O)C3(C)CCC2C3(C)C)cc1. The molecule has 2 aliphatic carbocycles. The predicted molar refractivity (Wildman–Crippen MR) is 98.6 cm³/mol. The van der Waals surface area contributed by atoms with E-state index in [0.717, 1.165) is 43.4 Å². The van der Waals surface area contributed by atoms with Crippen molar-refractivity contribution >= 4 is 11.9 Å². The standard InChI is InChI=1S/C22H30O2/c1-5-6-13-24-15-17-9-7-16(8-10-17)14-18-19-11-12-22(4,20(18)23)21(19,2)3/h7-10,14,19H,5-6,11-13,15H2,1-4H3. The van der Waals surface area contributed by atoms with E-state index in [-0.39, 0.29) is 10.8 Å². The summed E-state index contributed by atoms with van der Waals surface area (Å²) < 4.78 is 5.66. The summed E-state index contributed by atoms with van der Waals surface area (Å²) in [6, 6.07) is 8.45. The quantitative estimate of drug-likeness (QED) is 0.516. The van der Waals surface area contributed by atoms with Crippen molar-refractivity contribution in [2.75, 3.05) is 6.61 Å². The van der Waals surface area contributed by atoms with Crippen LogP contribution in [-0.2, 0) is 16.1 Å². The number of benzene rings is 1. The van der Waals surface area contributed by atoms with Gasteiger partial charge in [0.2, 0.25) is 0 Å². The molecule has 1 aromatic rings. The monoisotopic (exact) mass is 326 g/mol. The van der Waals surface area contributed by atoms with Gasteiger partial charge in [-0.2, -0.15) is 0 Å². The van der Waals surface area contributed by atoms with E-state index in [1.807, 2.05) is 0 Å². The summed E-state index contributed by atoms with van der Waals surface area (Å²) in [4.78, 5) is 12.9. The van der Waals surface area contributed by atoms with Gasteiger partial charge in [0, 0.05) is 12.0 Å². The maximum Gasteiger partial charge on any atom is 0.165 e. The van der Waals surface area contributed by atoms with E-state index in [1.54, 1.807) is 0 Å². The van der Waals surface area contributed by atoms with Crippen molar-refractivity contribution in [3.63, 3.8) is 0 Å². The van der Waals surface area contributed by atoms with Crippen LogP contribution in [0.3, 0.4) is 0 Å². The molecule has 0 amide bonds. The lowest BCUT2D eigenvalue weighted by molar-refractivity contribution is -0.125. The first-order valence-electron chi connectivity index (χ1n) is 9.33. The van der Waals surface area contributed by atoms with E-state index in [1.165, 1.54) is 5.56 Å². The molecule has 2 atom stereocenters. The molecule has 3 rings (SSSR count). The summed E-state index contributed by atoms with van der Waals surface area (Å²) in [6.45, 7) is 10.4. The molecule has 2 unspecified atom stereocenters. The zero-order valence-electron chi connectivity index (χ0n) is 15.5. The molecular weight excluding hydrogens is 296 g/mol. The number of rotatable bonds is 6. The highest BCUT2D eigenvalue weighted by Crippen LogP contribution is 2.65. The Kier molecular flexibility index (Phi) is 4.70. The Bertz CT molecular complexity index is 638. The van der Waals surface area contributed by atoms with Gasteiger partial charge in [-0.05, 0) is 53.4 Å². The first-order valence-corrected chi connectivity index (χ1v) is 9.33. The Labute approximate surface area is 146 Å². The van der Waals surface area contributed by atoms with Crippen molar-refractivity contribution in [2.24, 2.45) is 16.7 Å². The average Bonchev–Trinajstić information content (AvgIpc) is 2.87. The maximum absolute atomic E-state index is 12.9. The van der Waals surface area contributed by atoms with Crippen molar-refractivity contribution in [2.45, 2.75) is 60.0 Å². The maximum atomic E-state index is 12.9. The molecule has 0 aromatic heterocycles. The van der Waals surface area contributed by atoms with Crippen LogP contribution >= 0.6 is 0 Å². The Morgan fingerprint density at radius 1 is 1.21 bits per heavy atom. The third-order valence-corrected chi connectivity index (χ3v) is 6.58. The Hall–Kier alpha value is -1.41. The summed E-state index contributed by atoms with van der Waals surface area (Å²) in [6.07, 6.45) is 6.58. The fraction of sp³-hybridized carbons (Fsp3) is 0.591. The molecule has 2 fully saturated rings. The molecule has 0 radical (unpaired) electrons. The number of hydrogen-bond acceptors (Lipinski definition) is 2. The van der Waals surface area contributed by atoms with Crippen LogP contribution in [-0.4, -0.2) is 12.4 Å². The van der Waals surface area contributed by atoms with Crippen LogP contribution in [0.2, 0.25) is 0 Å². The van der Waals surface area contributed by atoms with Crippen molar-refractivity contribution in [1.82, 2.24) is 0 Å². The number of ketones is 1. The van der Waals surface area contributed by atoms with Gasteiger partial charge in [-0.3, -0.25) is 4.79 Å². The fourth-order valence-corrected chi connectivity index (χ4v) is 4.42. The zero-order chi connectivity index (χ0) is 17.4. The molecule has 130 valence electrons. The number of allylic oxidation sites excluding steroid dienone is 1. The molecule has 24 heavy (non-hydrogen) atoms. The highest BCUT2D eigenvalue weighted by atomic mass is 16.5. The van der Waals surface area contributed by atoms with Crippen LogP contribution in [0.5, 0.6) is 0 Å². The van der Waals surface area contributed by atoms with E-state index < -0.39 is 0 Å². The second-order valence-corrected chi connectivity index (χ2v) is 8.22. The normalized spacial score (nSPS) is 29.6. The van der Waals surface area contributed by atoms with Crippen LogP contribution in [0, 0.1) is 16.7 Å². The molecule has 1 aromatic carbocycles. The lowest BCUT2D eigenvalue weighted by atomic mass is 9.70. The third kappa shape index (κ3) is 2.75. The fourth-order valence-electron chi connectivity index (χ4n) is 4.42. The van der Waals surface area contributed by atoms with Gasteiger partial charge in [0.05, 0.1) is 6.61 Å². The number of Topliss-reactive ketones (excluding diaryl/α,β-unsaturated/α-hetero) is 1. The van der Waals surface area contributed by atoms with Crippen LogP contribution in [0.4, 0.5) is 0 Å². The summed E-state index contributed by atoms with van der Waals surface area (Å²) in [5.74, 6) is 0.780. The van der Waals surface area contributed by atoms with E-state index >= 15 is 0 Å². The summed E-state index contributed by atoms with van der Waals surface area (Å²) in [7, 11) is 0. The van der Waals surface area contributed by atoms with Gasteiger partial charge in [0.1, 0.15) is 0 Å². The largest absolute Gasteiger partial charge is 0.377 e. The van der Waals surface area contributed by atoms with Crippen molar-refractivity contribution in [1.29, 1.82) is 0 Å². The van der Waals surface area contributed by atoms with Gasteiger partial charge >= 0.3 is 0 Å². The molecule has 0 spiro atoms. The molecule has 2 bridgehead atoms. The lowest BCUT2D eigenvalue weighted by Crippen LogP contribution is -2.32. The van der Waals surface area contributed by atoms with Crippen molar-refractivity contribution in [3.05, 3.63) is 41.0 Å². The van der Waals surface area contributed by atoms with Crippen LogP contribution in [0.25, 0.3) is 6.08 Å². The summed E-state index contributed by atoms with van der Waals surface area (Å²) in [5, 5.41) is 0. The number of fused-ring (bicyclic) bond motifs is 2. The number of carbonyl (C=O) groups is 1. The highest BCUT2D eigenvalue weighted by molar-refractivity contribution is 6.07. The van der Waals surface area contributed by atoms with Crippen LogP contribution < -0.4 is 0 Å². The Morgan fingerprint density at radius 2 is 1.92 bits per heavy atom. The van der Waals surface area contributed by atoms with Gasteiger partial charge in [-0.15, -0.1) is 0 Å². The first kappa shape index (κ1) is 17.4. The molecule has 2 heteroatoms. The Balaban J connectivity index is 1.72. The molecule has 0 N–H and O–H groups in total. The molecule has 2 nitrogen and oxygen atoms in total. The van der Waals surface area contributed by atoms with E-state index in [0.29, 0.717) is 18.3 Å². The number of carbonyl (C=O) groups excluding carboxylic acids is 1. The molecular formula is C22H30O2.